The predicted molar refractivity (Wildman–Crippen MR) is 93.6 cm³/mol. The molecule has 0 unspecified atom stereocenters. The van der Waals surface area contributed by atoms with Crippen molar-refractivity contribution in [1.29, 1.82) is 5.26 Å². The van der Waals surface area contributed by atoms with E-state index in [-0.39, 0.29) is 17.9 Å². The molecule has 24 heavy (non-hydrogen) atoms. The summed E-state index contributed by atoms with van der Waals surface area (Å²) in [5, 5.41) is 9.87. The Morgan fingerprint density at radius 2 is 1.62 bits per heavy atom. The second kappa shape index (κ2) is 6.55. The highest BCUT2D eigenvalue weighted by Gasteiger charge is 2.14. The summed E-state index contributed by atoms with van der Waals surface area (Å²) in [6.07, 6.45) is 0.300. The maximum Gasteiger partial charge on any atom is 0.242 e. The van der Waals surface area contributed by atoms with Crippen LogP contribution >= 0.6 is 0 Å². The van der Waals surface area contributed by atoms with Gasteiger partial charge in [-0.3, -0.25) is 9.59 Å². The van der Waals surface area contributed by atoms with Gasteiger partial charge in [0.2, 0.25) is 5.91 Å². The Kier molecular flexibility index (Phi) is 4.30. The lowest BCUT2D eigenvalue weighted by molar-refractivity contribution is -0.130. The molecule has 5 nitrogen and oxygen atoms in total. The lowest BCUT2D eigenvalue weighted by Gasteiger charge is -2.19. The number of nitrogens with zero attached hydrogens (tertiary/aromatic N) is 3. The van der Waals surface area contributed by atoms with E-state index < -0.39 is 0 Å². The maximum atomic E-state index is 12.7. The van der Waals surface area contributed by atoms with Crippen LogP contribution in [0.15, 0.2) is 53.3 Å². The van der Waals surface area contributed by atoms with Gasteiger partial charge in [0.05, 0.1) is 23.5 Å². The van der Waals surface area contributed by atoms with Crippen molar-refractivity contribution in [2.24, 2.45) is 0 Å². The molecule has 0 spiro atoms. The first-order valence-corrected chi connectivity index (χ1v) is 7.74. The van der Waals surface area contributed by atoms with Crippen LogP contribution in [-0.2, 0) is 11.3 Å². The van der Waals surface area contributed by atoms with Crippen molar-refractivity contribution in [2.45, 2.75) is 13.0 Å². The van der Waals surface area contributed by atoms with Gasteiger partial charge in [-0.05, 0) is 24.3 Å². The maximum absolute atomic E-state index is 12.7. The van der Waals surface area contributed by atoms with E-state index >= 15 is 0 Å². The van der Waals surface area contributed by atoms with Crippen molar-refractivity contribution in [3.8, 4) is 6.07 Å². The predicted octanol–water partition coefficient (Wildman–Crippen LogP) is 2.53. The average molecular weight is 319 g/mol. The molecule has 0 radical (unpaired) electrons. The minimum Gasteiger partial charge on any atom is -0.343 e. The molecule has 5 heteroatoms. The van der Waals surface area contributed by atoms with Crippen molar-refractivity contribution in [1.82, 2.24) is 9.47 Å². The van der Waals surface area contributed by atoms with Crippen LogP contribution in [0.3, 0.4) is 0 Å². The van der Waals surface area contributed by atoms with Gasteiger partial charge in [-0.25, -0.2) is 0 Å². The number of hydrogen-bond acceptors (Lipinski definition) is 3. The highest BCUT2D eigenvalue weighted by molar-refractivity contribution is 5.94. The molecule has 1 heterocycles. The smallest absolute Gasteiger partial charge is 0.242 e. The van der Waals surface area contributed by atoms with Crippen LogP contribution in [0.1, 0.15) is 6.42 Å². The van der Waals surface area contributed by atoms with Crippen LogP contribution in [-0.4, -0.2) is 29.0 Å². The third-order valence-electron chi connectivity index (χ3n) is 4.16. The second-order valence-corrected chi connectivity index (χ2v) is 5.67. The molecule has 0 aliphatic rings. The molecule has 0 bridgehead atoms. The van der Waals surface area contributed by atoms with Gasteiger partial charge in [-0.2, -0.15) is 5.26 Å². The zero-order valence-corrected chi connectivity index (χ0v) is 13.4. The van der Waals surface area contributed by atoms with E-state index in [1.54, 1.807) is 24.1 Å². The summed E-state index contributed by atoms with van der Waals surface area (Å²) in [7, 11) is 1.69. The number of amides is 1. The molecule has 2 aromatic carbocycles. The highest BCUT2D eigenvalue weighted by atomic mass is 16.2. The van der Waals surface area contributed by atoms with Crippen molar-refractivity contribution < 1.29 is 4.79 Å². The average Bonchev–Trinajstić information content (AvgIpc) is 2.63. The summed E-state index contributed by atoms with van der Waals surface area (Å²) < 4.78 is 1.87. The fourth-order valence-electron chi connectivity index (χ4n) is 2.85. The third-order valence-corrected chi connectivity index (χ3v) is 4.16. The summed E-state index contributed by atoms with van der Waals surface area (Å²) in [5.74, 6) is -0.0933. The fraction of sp³-hybridized carbons (Fsp3) is 0.211. The Hall–Kier alpha value is -3.13. The highest BCUT2D eigenvalue weighted by Crippen LogP contribution is 2.19. The van der Waals surface area contributed by atoms with E-state index in [4.69, 9.17) is 5.26 Å². The van der Waals surface area contributed by atoms with Gasteiger partial charge < -0.3 is 9.47 Å². The number of pyridine rings is 1. The van der Waals surface area contributed by atoms with Gasteiger partial charge in [-0.1, -0.05) is 24.3 Å². The molecule has 0 saturated carbocycles. The number of aromatic nitrogens is 1. The number of hydrogen-bond donors (Lipinski definition) is 0. The van der Waals surface area contributed by atoms with E-state index in [1.807, 2.05) is 47.0 Å². The largest absolute Gasteiger partial charge is 0.343 e. The molecular formula is C19H17N3O2. The van der Waals surface area contributed by atoms with Gasteiger partial charge in [0.1, 0.15) is 6.54 Å². The zero-order valence-electron chi connectivity index (χ0n) is 13.4. The molecule has 3 rings (SSSR count). The van der Waals surface area contributed by atoms with Crippen LogP contribution < -0.4 is 5.43 Å². The van der Waals surface area contributed by atoms with Crippen molar-refractivity contribution >= 4 is 27.7 Å². The van der Waals surface area contributed by atoms with Crippen molar-refractivity contribution in [2.75, 3.05) is 13.6 Å². The number of likely N-dealkylation sites (N-methyl/N-ethyl adjacent to an activating group) is 1. The van der Waals surface area contributed by atoms with Crippen LogP contribution in [0.4, 0.5) is 0 Å². The number of carbonyl (C=O) groups excluding carboxylic acids is 1. The first-order chi connectivity index (χ1) is 11.6. The fourth-order valence-corrected chi connectivity index (χ4v) is 2.85. The van der Waals surface area contributed by atoms with Gasteiger partial charge in [0, 0.05) is 24.4 Å². The number of benzene rings is 2. The topological polar surface area (TPSA) is 66.1 Å². The molecule has 0 fully saturated rings. The minimum absolute atomic E-state index is 0.0252. The van der Waals surface area contributed by atoms with Gasteiger partial charge in [0.15, 0.2) is 5.43 Å². The molecule has 0 N–H and O–H groups in total. The van der Waals surface area contributed by atoms with E-state index in [0.29, 0.717) is 23.7 Å². The van der Waals surface area contributed by atoms with E-state index in [0.717, 1.165) is 11.0 Å². The van der Waals surface area contributed by atoms with Crippen LogP contribution in [0.2, 0.25) is 0 Å². The van der Waals surface area contributed by atoms with Crippen LogP contribution in [0.5, 0.6) is 0 Å². The van der Waals surface area contributed by atoms with E-state index in [2.05, 4.69) is 0 Å². The van der Waals surface area contributed by atoms with E-state index in [1.165, 1.54) is 0 Å². The van der Waals surface area contributed by atoms with Crippen LogP contribution in [0, 0.1) is 11.3 Å². The summed E-state index contributed by atoms with van der Waals surface area (Å²) in [5.41, 5.74) is 1.45. The molecular weight excluding hydrogens is 302 g/mol. The third kappa shape index (κ3) is 2.74. The Balaban J connectivity index is 2.15. The number of nitriles is 1. The number of rotatable bonds is 4. The normalized spacial score (nSPS) is 10.7. The minimum atomic E-state index is -0.0933. The monoisotopic (exact) mass is 319 g/mol. The van der Waals surface area contributed by atoms with Gasteiger partial charge in [0.25, 0.3) is 0 Å². The van der Waals surface area contributed by atoms with E-state index in [9.17, 15) is 9.59 Å². The summed E-state index contributed by atoms with van der Waals surface area (Å²) in [6.45, 7) is 0.522. The van der Waals surface area contributed by atoms with Gasteiger partial charge in [-0.15, -0.1) is 0 Å². The lowest BCUT2D eigenvalue weighted by Crippen LogP contribution is -2.31. The van der Waals surface area contributed by atoms with Crippen molar-refractivity contribution in [3.63, 3.8) is 0 Å². The standard InChI is InChI=1S/C19H17N3O2/c1-21(12-6-11-20)18(23)13-22-16-9-4-2-7-14(16)19(24)15-8-3-5-10-17(15)22/h2-5,7-10H,6,12-13H2,1H3. The Labute approximate surface area is 139 Å². The lowest BCUT2D eigenvalue weighted by atomic mass is 10.1. The second-order valence-electron chi connectivity index (χ2n) is 5.67. The zero-order chi connectivity index (χ0) is 17.1. The van der Waals surface area contributed by atoms with Gasteiger partial charge >= 0.3 is 0 Å². The number of carbonyl (C=O) groups is 1. The van der Waals surface area contributed by atoms with Crippen LogP contribution in [0.25, 0.3) is 21.8 Å². The SMILES string of the molecule is CN(CCC#N)C(=O)Cn1c2ccccc2c(=O)c2ccccc21. The van der Waals surface area contributed by atoms with Crippen molar-refractivity contribution in [3.05, 3.63) is 58.8 Å². The molecule has 0 saturated heterocycles. The summed E-state index contributed by atoms with van der Waals surface area (Å²) >= 11 is 0. The Morgan fingerprint density at radius 1 is 1.08 bits per heavy atom. The first kappa shape index (κ1) is 15.8. The Bertz CT molecular complexity index is 954. The Morgan fingerprint density at radius 3 is 2.17 bits per heavy atom. The molecule has 0 atom stereocenters. The number of para-hydroxylation sites is 2. The molecule has 0 aliphatic heterocycles. The quantitative estimate of drug-likeness (QED) is 0.694. The molecule has 0 aliphatic carbocycles. The number of fused-ring (bicyclic) bond motifs is 2. The molecule has 1 aromatic heterocycles. The summed E-state index contributed by atoms with van der Waals surface area (Å²) in [4.78, 5) is 26.7. The molecule has 1 amide bonds. The molecule has 3 aromatic rings. The molecule has 120 valence electrons. The first-order valence-electron chi connectivity index (χ1n) is 7.74. The summed E-state index contributed by atoms with van der Waals surface area (Å²) in [6, 6.07) is 16.7.